The summed E-state index contributed by atoms with van der Waals surface area (Å²) in [5, 5.41) is 2.71. The number of hydrogen-bond donors (Lipinski definition) is 1. The Kier molecular flexibility index (Phi) is 5.99. The Morgan fingerprint density at radius 3 is 2.00 bits per heavy atom. The highest BCUT2D eigenvalue weighted by molar-refractivity contribution is 7.92. The van der Waals surface area contributed by atoms with Gasteiger partial charge in [0.2, 0.25) is 10.0 Å². The number of ether oxygens (including phenoxy) is 1. The molecule has 1 amide bonds. The van der Waals surface area contributed by atoms with Crippen LogP contribution >= 0.6 is 0 Å². The van der Waals surface area contributed by atoms with Gasteiger partial charge in [0.05, 0.1) is 24.6 Å². The molecule has 0 atom stereocenters. The molecule has 0 fully saturated rings. The average molecular weight is 376 g/mol. The summed E-state index contributed by atoms with van der Waals surface area (Å²) in [6.45, 7) is 2.04. The zero-order valence-electron chi connectivity index (χ0n) is 14.7. The van der Waals surface area contributed by atoms with E-state index >= 15 is 0 Å². The Labute approximate surface area is 152 Å². The molecule has 1 N–H and O–H groups in total. The molecule has 0 saturated carbocycles. The molecule has 0 radical (unpaired) electrons. The van der Waals surface area contributed by atoms with Crippen molar-refractivity contribution in [3.63, 3.8) is 0 Å². The number of hydrogen-bond acceptors (Lipinski definition) is 5. The maximum atomic E-state index is 12.3. The van der Waals surface area contributed by atoms with Crippen LogP contribution in [0.25, 0.3) is 0 Å². The standard InChI is InChI=1S/C18H20N2O5S/c1-4-20(26(3,23)24)16-11-7-13(8-12-16)17(21)19-15-9-5-14(6-10-15)18(22)25-2/h5-12H,4H2,1-3H3,(H,19,21). The summed E-state index contributed by atoms with van der Waals surface area (Å²) in [6, 6.07) is 12.6. The van der Waals surface area contributed by atoms with Crippen LogP contribution < -0.4 is 9.62 Å². The molecule has 0 aromatic heterocycles. The van der Waals surface area contributed by atoms with E-state index in [1.54, 1.807) is 55.5 Å². The highest BCUT2D eigenvalue weighted by Crippen LogP contribution is 2.19. The zero-order valence-corrected chi connectivity index (χ0v) is 15.5. The fourth-order valence-corrected chi connectivity index (χ4v) is 3.37. The minimum Gasteiger partial charge on any atom is -0.465 e. The van der Waals surface area contributed by atoms with Crippen molar-refractivity contribution in [3.8, 4) is 0 Å². The number of anilines is 2. The van der Waals surface area contributed by atoms with E-state index in [1.165, 1.54) is 11.4 Å². The van der Waals surface area contributed by atoms with Gasteiger partial charge in [0.1, 0.15) is 0 Å². The fourth-order valence-electron chi connectivity index (χ4n) is 2.40. The smallest absolute Gasteiger partial charge is 0.337 e. The third kappa shape index (κ3) is 4.60. The molecule has 7 nitrogen and oxygen atoms in total. The van der Waals surface area contributed by atoms with Gasteiger partial charge >= 0.3 is 5.97 Å². The number of carbonyl (C=O) groups excluding carboxylic acids is 2. The molecule has 26 heavy (non-hydrogen) atoms. The third-order valence-electron chi connectivity index (χ3n) is 3.67. The minimum atomic E-state index is -3.37. The summed E-state index contributed by atoms with van der Waals surface area (Å²) in [7, 11) is -2.07. The maximum absolute atomic E-state index is 12.3. The summed E-state index contributed by atoms with van der Waals surface area (Å²) in [5.74, 6) is -0.797. The Morgan fingerprint density at radius 2 is 1.54 bits per heavy atom. The molecule has 2 rings (SSSR count). The topological polar surface area (TPSA) is 92.8 Å². The van der Waals surface area contributed by atoms with Crippen LogP contribution in [0.1, 0.15) is 27.6 Å². The lowest BCUT2D eigenvalue weighted by Gasteiger charge is -2.20. The van der Waals surface area contributed by atoms with Gasteiger partial charge in [-0.2, -0.15) is 0 Å². The average Bonchev–Trinajstić information content (AvgIpc) is 2.61. The normalized spacial score (nSPS) is 10.9. The van der Waals surface area contributed by atoms with E-state index in [4.69, 9.17) is 0 Å². The first-order valence-electron chi connectivity index (χ1n) is 7.83. The van der Waals surface area contributed by atoms with Gasteiger partial charge in [-0.1, -0.05) is 0 Å². The maximum Gasteiger partial charge on any atom is 0.337 e. The predicted molar refractivity (Wildman–Crippen MR) is 100 cm³/mol. The van der Waals surface area contributed by atoms with Gasteiger partial charge in [-0.05, 0) is 55.5 Å². The zero-order chi connectivity index (χ0) is 19.3. The summed E-state index contributed by atoms with van der Waals surface area (Å²) in [4.78, 5) is 23.7. The SMILES string of the molecule is CCN(c1ccc(C(=O)Nc2ccc(C(=O)OC)cc2)cc1)S(C)(=O)=O. The van der Waals surface area contributed by atoms with E-state index in [0.29, 0.717) is 29.0 Å². The van der Waals surface area contributed by atoms with Crippen LogP contribution in [0.5, 0.6) is 0 Å². The highest BCUT2D eigenvalue weighted by Gasteiger charge is 2.16. The van der Waals surface area contributed by atoms with Crippen LogP contribution in [0.3, 0.4) is 0 Å². The molecular formula is C18H20N2O5S. The van der Waals surface area contributed by atoms with Gasteiger partial charge in [0.25, 0.3) is 5.91 Å². The van der Waals surface area contributed by atoms with Crippen LogP contribution in [0.2, 0.25) is 0 Å². The molecule has 2 aromatic carbocycles. The summed E-state index contributed by atoms with van der Waals surface area (Å²) < 4.78 is 29.3. The summed E-state index contributed by atoms with van der Waals surface area (Å²) >= 11 is 0. The van der Waals surface area contributed by atoms with Crippen molar-refractivity contribution >= 4 is 33.3 Å². The lowest BCUT2D eigenvalue weighted by atomic mass is 10.1. The molecule has 0 saturated heterocycles. The molecule has 0 spiro atoms. The fraction of sp³-hybridized carbons (Fsp3) is 0.222. The number of benzene rings is 2. The van der Waals surface area contributed by atoms with Crippen LogP contribution in [0.4, 0.5) is 11.4 Å². The van der Waals surface area contributed by atoms with E-state index in [-0.39, 0.29) is 5.91 Å². The van der Waals surface area contributed by atoms with Crippen molar-refractivity contribution < 1.29 is 22.7 Å². The second kappa shape index (κ2) is 8.01. The molecule has 138 valence electrons. The van der Waals surface area contributed by atoms with E-state index in [0.717, 1.165) is 6.26 Å². The summed E-state index contributed by atoms with van der Waals surface area (Å²) in [5.41, 5.74) is 1.79. The van der Waals surface area contributed by atoms with Crippen LogP contribution in [-0.2, 0) is 14.8 Å². The lowest BCUT2D eigenvalue weighted by Crippen LogP contribution is -2.29. The molecule has 0 unspecified atom stereocenters. The van der Waals surface area contributed by atoms with Crippen molar-refractivity contribution in [1.29, 1.82) is 0 Å². The Morgan fingerprint density at radius 1 is 1.00 bits per heavy atom. The summed E-state index contributed by atoms with van der Waals surface area (Å²) in [6.07, 6.45) is 1.13. The number of carbonyl (C=O) groups is 2. The molecule has 0 bridgehead atoms. The van der Waals surface area contributed by atoms with Gasteiger partial charge in [-0.25, -0.2) is 13.2 Å². The highest BCUT2D eigenvalue weighted by atomic mass is 32.2. The first kappa shape index (κ1) is 19.5. The second-order valence-corrected chi connectivity index (χ2v) is 7.40. The predicted octanol–water partition coefficient (Wildman–Crippen LogP) is 2.51. The van der Waals surface area contributed by atoms with Crippen molar-refractivity contribution in [3.05, 3.63) is 59.7 Å². The number of amides is 1. The quantitative estimate of drug-likeness (QED) is 0.782. The molecule has 0 heterocycles. The molecule has 0 aliphatic carbocycles. The number of esters is 1. The molecular weight excluding hydrogens is 356 g/mol. The Balaban J connectivity index is 2.12. The van der Waals surface area contributed by atoms with Crippen LogP contribution in [-0.4, -0.2) is 40.2 Å². The van der Waals surface area contributed by atoms with Gasteiger partial charge in [-0.3, -0.25) is 9.10 Å². The largest absolute Gasteiger partial charge is 0.465 e. The molecule has 0 aliphatic rings. The van der Waals surface area contributed by atoms with Gasteiger partial charge < -0.3 is 10.1 Å². The van der Waals surface area contributed by atoms with E-state index in [1.807, 2.05) is 0 Å². The van der Waals surface area contributed by atoms with Crippen molar-refractivity contribution in [2.75, 3.05) is 29.5 Å². The Hall–Kier alpha value is -2.87. The van der Waals surface area contributed by atoms with E-state index in [2.05, 4.69) is 10.1 Å². The second-order valence-electron chi connectivity index (χ2n) is 5.50. The van der Waals surface area contributed by atoms with Crippen LogP contribution in [0.15, 0.2) is 48.5 Å². The number of rotatable bonds is 6. The third-order valence-corrected chi connectivity index (χ3v) is 4.94. The number of sulfonamides is 1. The lowest BCUT2D eigenvalue weighted by molar-refractivity contribution is 0.0600. The van der Waals surface area contributed by atoms with Crippen molar-refractivity contribution in [2.24, 2.45) is 0 Å². The first-order chi connectivity index (χ1) is 12.3. The van der Waals surface area contributed by atoms with E-state index < -0.39 is 16.0 Å². The number of methoxy groups -OCH3 is 1. The van der Waals surface area contributed by atoms with E-state index in [9.17, 15) is 18.0 Å². The minimum absolute atomic E-state index is 0.302. The number of nitrogens with zero attached hydrogens (tertiary/aromatic N) is 1. The van der Waals surface area contributed by atoms with Gasteiger partial charge in [0.15, 0.2) is 0 Å². The van der Waals surface area contributed by atoms with Crippen molar-refractivity contribution in [1.82, 2.24) is 0 Å². The first-order valence-corrected chi connectivity index (χ1v) is 9.68. The van der Waals surface area contributed by atoms with Crippen molar-refractivity contribution in [2.45, 2.75) is 6.92 Å². The monoisotopic (exact) mass is 376 g/mol. The van der Waals surface area contributed by atoms with Crippen LogP contribution in [0, 0.1) is 0 Å². The molecule has 0 aliphatic heterocycles. The number of nitrogens with one attached hydrogen (secondary N) is 1. The molecule has 8 heteroatoms. The van der Waals surface area contributed by atoms with Gasteiger partial charge in [-0.15, -0.1) is 0 Å². The Bertz CT molecular complexity index is 890. The van der Waals surface area contributed by atoms with Gasteiger partial charge in [0, 0.05) is 17.8 Å². The molecule has 2 aromatic rings.